The third-order valence-electron chi connectivity index (χ3n) is 3.05. The van der Waals surface area contributed by atoms with Gasteiger partial charge in [0.25, 0.3) is 0 Å². The number of nitrogens with one attached hydrogen (secondary N) is 1. The zero-order valence-corrected chi connectivity index (χ0v) is 11.8. The van der Waals surface area contributed by atoms with Crippen LogP contribution in [0.25, 0.3) is 0 Å². The van der Waals surface area contributed by atoms with Gasteiger partial charge in [-0.3, -0.25) is 4.68 Å². The molecular weight excluding hydrogens is 218 g/mol. The van der Waals surface area contributed by atoms with E-state index in [9.17, 15) is 0 Å². The molecule has 0 radical (unpaired) electrons. The van der Waals surface area contributed by atoms with Crippen LogP contribution in [0.4, 0.5) is 0 Å². The highest BCUT2D eigenvalue weighted by Gasteiger charge is 2.17. The summed E-state index contributed by atoms with van der Waals surface area (Å²) in [5.41, 5.74) is 3.86. The highest BCUT2D eigenvalue weighted by Crippen LogP contribution is 2.23. The maximum Gasteiger partial charge on any atom is 0.0644 e. The number of thioether (sulfide) groups is 1. The van der Waals surface area contributed by atoms with E-state index in [1.807, 2.05) is 18.8 Å². The van der Waals surface area contributed by atoms with Crippen molar-refractivity contribution in [2.75, 3.05) is 19.1 Å². The van der Waals surface area contributed by atoms with Gasteiger partial charge in [0.05, 0.1) is 12.2 Å². The first-order valence-electron chi connectivity index (χ1n) is 5.85. The van der Waals surface area contributed by atoms with Crippen molar-refractivity contribution >= 4 is 11.8 Å². The molecule has 0 saturated carbocycles. The number of rotatable bonds is 6. The Kier molecular flexibility index (Phi) is 5.35. The van der Waals surface area contributed by atoms with Gasteiger partial charge in [-0.05, 0) is 33.6 Å². The van der Waals surface area contributed by atoms with Gasteiger partial charge in [0, 0.05) is 23.1 Å². The molecule has 0 spiro atoms. The van der Waals surface area contributed by atoms with E-state index in [1.54, 1.807) is 0 Å². The van der Waals surface area contributed by atoms with Gasteiger partial charge in [-0.25, -0.2) is 0 Å². The fourth-order valence-electron chi connectivity index (χ4n) is 2.16. The van der Waals surface area contributed by atoms with Crippen molar-refractivity contribution in [1.29, 1.82) is 0 Å². The van der Waals surface area contributed by atoms with Crippen molar-refractivity contribution in [2.24, 2.45) is 0 Å². The molecule has 92 valence electrons. The molecule has 3 nitrogen and oxygen atoms in total. The maximum absolute atomic E-state index is 4.63. The zero-order chi connectivity index (χ0) is 12.1. The van der Waals surface area contributed by atoms with Crippen molar-refractivity contribution in [3.63, 3.8) is 0 Å². The van der Waals surface area contributed by atoms with Gasteiger partial charge >= 0.3 is 0 Å². The number of aryl methyl sites for hydroxylation is 2. The lowest BCUT2D eigenvalue weighted by Crippen LogP contribution is -2.17. The van der Waals surface area contributed by atoms with Crippen LogP contribution in [-0.4, -0.2) is 28.8 Å². The molecule has 0 amide bonds. The lowest BCUT2D eigenvalue weighted by molar-refractivity contribution is 0.567. The molecule has 1 N–H and O–H groups in total. The Morgan fingerprint density at radius 2 is 2.12 bits per heavy atom. The van der Waals surface area contributed by atoms with E-state index < -0.39 is 0 Å². The first kappa shape index (κ1) is 13.6. The van der Waals surface area contributed by atoms with Crippen LogP contribution >= 0.6 is 11.8 Å². The highest BCUT2D eigenvalue weighted by atomic mass is 32.2. The molecule has 4 heteroatoms. The Bertz CT molecular complexity index is 329. The molecule has 1 unspecified atom stereocenters. The predicted molar refractivity (Wildman–Crippen MR) is 72.2 cm³/mol. The van der Waals surface area contributed by atoms with Gasteiger partial charge in [-0.1, -0.05) is 6.92 Å². The maximum atomic E-state index is 4.63. The first-order chi connectivity index (χ1) is 7.65. The van der Waals surface area contributed by atoms with Crippen molar-refractivity contribution in [3.05, 3.63) is 17.0 Å². The van der Waals surface area contributed by atoms with Gasteiger partial charge in [-0.2, -0.15) is 16.9 Å². The Hall–Kier alpha value is -0.480. The quantitative estimate of drug-likeness (QED) is 0.830. The van der Waals surface area contributed by atoms with Crippen LogP contribution in [0.2, 0.25) is 0 Å². The number of hydrogen-bond donors (Lipinski definition) is 1. The fourth-order valence-corrected chi connectivity index (χ4v) is 2.52. The van der Waals surface area contributed by atoms with E-state index in [1.165, 1.54) is 17.0 Å². The topological polar surface area (TPSA) is 29.9 Å². The summed E-state index contributed by atoms with van der Waals surface area (Å²) in [6, 6.07) is 0.433. The van der Waals surface area contributed by atoms with Crippen molar-refractivity contribution in [1.82, 2.24) is 15.1 Å². The summed E-state index contributed by atoms with van der Waals surface area (Å²) in [6.45, 7) is 7.50. The van der Waals surface area contributed by atoms with Crippen LogP contribution in [0.5, 0.6) is 0 Å². The van der Waals surface area contributed by atoms with Gasteiger partial charge < -0.3 is 5.32 Å². The summed E-state index contributed by atoms with van der Waals surface area (Å²) in [7, 11) is 2.02. The lowest BCUT2D eigenvalue weighted by Gasteiger charge is -2.14. The highest BCUT2D eigenvalue weighted by molar-refractivity contribution is 7.98. The molecule has 0 aliphatic carbocycles. The van der Waals surface area contributed by atoms with Crippen LogP contribution in [0, 0.1) is 13.8 Å². The Balaban J connectivity index is 2.96. The van der Waals surface area contributed by atoms with Gasteiger partial charge in [-0.15, -0.1) is 0 Å². The summed E-state index contributed by atoms with van der Waals surface area (Å²) in [6.07, 6.45) is 3.24. The monoisotopic (exact) mass is 241 g/mol. The third-order valence-corrected chi connectivity index (χ3v) is 3.64. The molecule has 0 saturated heterocycles. The molecule has 16 heavy (non-hydrogen) atoms. The molecule has 1 heterocycles. The smallest absolute Gasteiger partial charge is 0.0644 e. The minimum Gasteiger partial charge on any atom is -0.313 e. The van der Waals surface area contributed by atoms with Crippen LogP contribution in [0.3, 0.4) is 0 Å². The molecular formula is C12H23N3S. The van der Waals surface area contributed by atoms with Crippen LogP contribution in [0.1, 0.15) is 36.3 Å². The largest absolute Gasteiger partial charge is 0.313 e. The summed E-state index contributed by atoms with van der Waals surface area (Å²) in [5, 5.41) is 7.99. The number of aromatic nitrogens is 2. The molecule has 0 fully saturated rings. The Morgan fingerprint density at radius 1 is 1.44 bits per heavy atom. The van der Waals surface area contributed by atoms with E-state index in [0.29, 0.717) is 6.04 Å². The summed E-state index contributed by atoms with van der Waals surface area (Å²) >= 11 is 1.86. The van der Waals surface area contributed by atoms with E-state index >= 15 is 0 Å². The summed E-state index contributed by atoms with van der Waals surface area (Å²) in [4.78, 5) is 0. The van der Waals surface area contributed by atoms with Crippen molar-refractivity contribution in [2.45, 2.75) is 39.8 Å². The fraction of sp³-hybridized carbons (Fsp3) is 0.750. The standard InChI is InChI=1S/C12H23N3S/c1-6-11(13-4)12-9(2)14-15(10(12)3)7-8-16-5/h11,13H,6-8H2,1-5H3. The molecule has 1 rings (SSSR count). The van der Waals surface area contributed by atoms with E-state index in [0.717, 1.165) is 18.7 Å². The van der Waals surface area contributed by atoms with Gasteiger partial charge in [0.1, 0.15) is 0 Å². The van der Waals surface area contributed by atoms with Crippen molar-refractivity contribution < 1.29 is 0 Å². The average Bonchev–Trinajstić information content (AvgIpc) is 2.55. The molecule has 1 aromatic rings. The molecule has 0 aliphatic rings. The number of hydrogen-bond acceptors (Lipinski definition) is 3. The second-order valence-electron chi connectivity index (χ2n) is 4.05. The minimum absolute atomic E-state index is 0.433. The van der Waals surface area contributed by atoms with Crippen LogP contribution < -0.4 is 5.32 Å². The van der Waals surface area contributed by atoms with Crippen molar-refractivity contribution in [3.8, 4) is 0 Å². The van der Waals surface area contributed by atoms with Crippen LogP contribution in [-0.2, 0) is 6.54 Å². The number of nitrogens with zero attached hydrogens (tertiary/aromatic N) is 2. The Labute approximate surface area is 103 Å². The summed E-state index contributed by atoms with van der Waals surface area (Å²) in [5.74, 6) is 1.12. The molecule has 0 aliphatic heterocycles. The van der Waals surface area contributed by atoms with Gasteiger partial charge in [0.2, 0.25) is 0 Å². The second kappa shape index (κ2) is 6.30. The molecule has 0 bridgehead atoms. The molecule has 1 aromatic heterocycles. The SMILES string of the molecule is CCC(NC)c1c(C)nn(CCSC)c1C. The zero-order valence-electron chi connectivity index (χ0n) is 11.0. The summed E-state index contributed by atoms with van der Waals surface area (Å²) < 4.78 is 2.14. The average molecular weight is 241 g/mol. The van der Waals surface area contributed by atoms with E-state index in [-0.39, 0.29) is 0 Å². The Morgan fingerprint density at radius 3 is 2.62 bits per heavy atom. The third kappa shape index (κ3) is 2.80. The van der Waals surface area contributed by atoms with E-state index in [4.69, 9.17) is 0 Å². The van der Waals surface area contributed by atoms with Crippen LogP contribution in [0.15, 0.2) is 0 Å². The molecule has 0 aromatic carbocycles. The van der Waals surface area contributed by atoms with E-state index in [2.05, 4.69) is 42.1 Å². The lowest BCUT2D eigenvalue weighted by atomic mass is 10.0. The minimum atomic E-state index is 0.433. The first-order valence-corrected chi connectivity index (χ1v) is 7.25. The molecule has 1 atom stereocenters. The predicted octanol–water partition coefficient (Wildman–Crippen LogP) is 2.53. The second-order valence-corrected chi connectivity index (χ2v) is 5.04. The van der Waals surface area contributed by atoms with Gasteiger partial charge in [0.15, 0.2) is 0 Å². The normalized spacial score (nSPS) is 13.1.